The fraction of sp³-hybridized carbons (Fsp3) is 0.885. The number of carbonyl (C=O) groups excluding carboxylic acids is 1. The number of fused-ring (bicyclic) bond motifs is 2. The van der Waals surface area contributed by atoms with E-state index in [4.69, 9.17) is 18.9 Å². The molecule has 5 rings (SSSR count). The maximum atomic E-state index is 12.5. The van der Waals surface area contributed by atoms with Gasteiger partial charge in [0, 0.05) is 32.0 Å². The van der Waals surface area contributed by atoms with Crippen molar-refractivity contribution in [2.24, 2.45) is 17.8 Å². The Hall–Kier alpha value is -0.830. The number of aliphatic hydroxyl groups excluding tert-OH is 2. The molecule has 0 bridgehead atoms. The third kappa shape index (κ3) is 5.71. The van der Waals surface area contributed by atoms with Crippen LogP contribution in [0.5, 0.6) is 0 Å². The van der Waals surface area contributed by atoms with Gasteiger partial charge in [0.2, 0.25) is 0 Å². The lowest BCUT2D eigenvalue weighted by atomic mass is 9.90. The monoisotopic (exact) mass is 464 g/mol. The van der Waals surface area contributed by atoms with Gasteiger partial charge < -0.3 is 29.2 Å². The Kier molecular flexibility index (Phi) is 7.55. The second-order valence-corrected chi connectivity index (χ2v) is 11.0. The summed E-state index contributed by atoms with van der Waals surface area (Å²) in [6.07, 6.45) is 6.54. The highest BCUT2D eigenvalue weighted by Crippen LogP contribution is 2.54. The number of Topliss-reactive ketones (excluding diaryl/α,β-unsaturated/α-hetero) is 1. The molecule has 0 radical (unpaired) electrons. The summed E-state index contributed by atoms with van der Waals surface area (Å²) in [5.74, 6) is 0.966. The van der Waals surface area contributed by atoms with E-state index in [1.165, 1.54) is 0 Å². The topological polar surface area (TPSA) is 94.5 Å². The molecule has 4 saturated heterocycles. The number of hydrogen-bond donors (Lipinski definition) is 2. The van der Waals surface area contributed by atoms with Crippen molar-refractivity contribution in [3.8, 4) is 0 Å². The van der Waals surface area contributed by atoms with E-state index in [1.807, 2.05) is 0 Å². The first-order chi connectivity index (χ1) is 16.0. The number of hydrogen-bond acceptors (Lipinski definition) is 7. The Labute approximate surface area is 196 Å². The zero-order valence-corrected chi connectivity index (χ0v) is 19.6. The van der Waals surface area contributed by atoms with Crippen LogP contribution in [0, 0.1) is 17.8 Å². The fourth-order valence-electron chi connectivity index (χ4n) is 6.44. The zero-order chi connectivity index (χ0) is 22.9. The van der Waals surface area contributed by atoms with E-state index >= 15 is 0 Å². The van der Waals surface area contributed by atoms with Crippen molar-refractivity contribution in [2.45, 2.75) is 107 Å². The molecule has 0 spiro atoms. The van der Waals surface area contributed by atoms with E-state index < -0.39 is 6.10 Å². The summed E-state index contributed by atoms with van der Waals surface area (Å²) < 4.78 is 23.5. The molecule has 4 heterocycles. The summed E-state index contributed by atoms with van der Waals surface area (Å²) in [4.78, 5) is 12.5. The molecule has 0 aromatic rings. The number of ketones is 1. The minimum absolute atomic E-state index is 0.0825. The van der Waals surface area contributed by atoms with Gasteiger partial charge in [0.05, 0.1) is 43.2 Å². The SMILES string of the molecule is C=C1COC(CCC(O)CCC2C3OC4CCC(CC(=O)CC5CCOC5)OC4C(O)C23)C1. The molecule has 0 aromatic heterocycles. The van der Waals surface area contributed by atoms with E-state index in [9.17, 15) is 15.0 Å². The van der Waals surface area contributed by atoms with Gasteiger partial charge in [0.15, 0.2) is 0 Å². The molecule has 2 N–H and O–H groups in total. The molecule has 7 heteroatoms. The van der Waals surface area contributed by atoms with E-state index in [0.29, 0.717) is 32.0 Å². The van der Waals surface area contributed by atoms with Crippen molar-refractivity contribution < 1.29 is 34.0 Å². The molecule has 5 aliphatic rings. The van der Waals surface area contributed by atoms with Crippen molar-refractivity contribution in [3.05, 3.63) is 12.2 Å². The van der Waals surface area contributed by atoms with Crippen LogP contribution in [-0.2, 0) is 23.7 Å². The predicted octanol–water partition coefficient (Wildman–Crippen LogP) is 2.56. The summed E-state index contributed by atoms with van der Waals surface area (Å²) in [7, 11) is 0. The maximum Gasteiger partial charge on any atom is 0.135 e. The van der Waals surface area contributed by atoms with Gasteiger partial charge in [-0.25, -0.2) is 0 Å². The van der Waals surface area contributed by atoms with Crippen molar-refractivity contribution in [2.75, 3.05) is 19.8 Å². The van der Waals surface area contributed by atoms with Gasteiger partial charge in [-0.05, 0) is 68.8 Å². The second kappa shape index (κ2) is 10.4. The van der Waals surface area contributed by atoms with Gasteiger partial charge >= 0.3 is 0 Å². The third-order valence-corrected chi connectivity index (χ3v) is 8.40. The lowest BCUT2D eigenvalue weighted by Gasteiger charge is -2.41. The highest BCUT2D eigenvalue weighted by molar-refractivity contribution is 5.79. The number of aliphatic hydroxyl groups is 2. The smallest absolute Gasteiger partial charge is 0.135 e. The molecule has 1 saturated carbocycles. The van der Waals surface area contributed by atoms with Gasteiger partial charge in [0.1, 0.15) is 11.9 Å². The van der Waals surface area contributed by atoms with Gasteiger partial charge in [-0.15, -0.1) is 0 Å². The minimum Gasteiger partial charge on any atom is -0.393 e. The van der Waals surface area contributed by atoms with Crippen molar-refractivity contribution in [1.29, 1.82) is 0 Å². The highest BCUT2D eigenvalue weighted by atomic mass is 16.6. The number of ether oxygens (including phenoxy) is 4. The van der Waals surface area contributed by atoms with Crippen LogP contribution in [-0.4, -0.2) is 78.5 Å². The first-order valence-electron chi connectivity index (χ1n) is 13.0. The normalized spacial score (nSPS) is 43.2. The van der Waals surface area contributed by atoms with Crippen LogP contribution < -0.4 is 0 Å². The molecule has 4 aliphatic heterocycles. The van der Waals surface area contributed by atoms with Crippen LogP contribution in [0.3, 0.4) is 0 Å². The summed E-state index contributed by atoms with van der Waals surface area (Å²) in [5.41, 5.74) is 1.14. The molecule has 10 unspecified atom stereocenters. The zero-order valence-electron chi connectivity index (χ0n) is 19.6. The molecule has 186 valence electrons. The molecule has 5 fully saturated rings. The average Bonchev–Trinajstić information content (AvgIpc) is 3.09. The van der Waals surface area contributed by atoms with Crippen LogP contribution in [0.25, 0.3) is 0 Å². The van der Waals surface area contributed by atoms with E-state index in [1.54, 1.807) is 0 Å². The molecule has 33 heavy (non-hydrogen) atoms. The first-order valence-corrected chi connectivity index (χ1v) is 13.0. The Morgan fingerprint density at radius 3 is 2.67 bits per heavy atom. The number of carbonyl (C=O) groups is 1. The molecular formula is C26H40O7. The lowest BCUT2D eigenvalue weighted by molar-refractivity contribution is -0.209. The Balaban J connectivity index is 1.04. The summed E-state index contributed by atoms with van der Waals surface area (Å²) in [6, 6.07) is 0. The van der Waals surface area contributed by atoms with Crippen molar-refractivity contribution >= 4 is 5.78 Å². The summed E-state index contributed by atoms with van der Waals surface area (Å²) in [6.45, 7) is 6.06. The van der Waals surface area contributed by atoms with Gasteiger partial charge in [-0.3, -0.25) is 4.79 Å². The summed E-state index contributed by atoms with van der Waals surface area (Å²) >= 11 is 0. The van der Waals surface area contributed by atoms with Crippen LogP contribution >= 0.6 is 0 Å². The quantitative estimate of drug-likeness (QED) is 0.480. The molecular weight excluding hydrogens is 424 g/mol. The van der Waals surface area contributed by atoms with Crippen LogP contribution in [0.2, 0.25) is 0 Å². The molecule has 7 nitrogen and oxygen atoms in total. The Morgan fingerprint density at radius 1 is 1.06 bits per heavy atom. The third-order valence-electron chi connectivity index (χ3n) is 8.40. The molecule has 1 aliphatic carbocycles. The largest absolute Gasteiger partial charge is 0.393 e. The molecule has 0 aromatic carbocycles. The van der Waals surface area contributed by atoms with Gasteiger partial charge in [-0.2, -0.15) is 0 Å². The minimum atomic E-state index is -0.546. The summed E-state index contributed by atoms with van der Waals surface area (Å²) in [5, 5.41) is 21.4. The van der Waals surface area contributed by atoms with Crippen LogP contribution in [0.4, 0.5) is 0 Å². The van der Waals surface area contributed by atoms with Crippen molar-refractivity contribution in [1.82, 2.24) is 0 Å². The lowest BCUT2D eigenvalue weighted by Crippen LogP contribution is -2.52. The van der Waals surface area contributed by atoms with Gasteiger partial charge in [0.25, 0.3) is 0 Å². The van der Waals surface area contributed by atoms with Gasteiger partial charge in [-0.1, -0.05) is 6.58 Å². The van der Waals surface area contributed by atoms with E-state index in [2.05, 4.69) is 6.58 Å². The van der Waals surface area contributed by atoms with E-state index in [-0.39, 0.29) is 54.2 Å². The Bertz CT molecular complexity index is 705. The highest BCUT2D eigenvalue weighted by Gasteiger charge is 2.62. The number of rotatable bonds is 10. The van der Waals surface area contributed by atoms with Crippen molar-refractivity contribution in [3.63, 3.8) is 0 Å². The second-order valence-electron chi connectivity index (χ2n) is 11.0. The molecule has 0 amide bonds. The molecule has 10 atom stereocenters. The standard InChI is InChI=1S/C26H40O7/c1-15-10-19(31-13-15)4-2-17(27)3-6-21-23-24(29)26-22(33-25(21)23)7-5-20(32-26)12-18(28)11-16-8-9-30-14-16/h16-17,19-27,29H,1-14H2. The average molecular weight is 465 g/mol. The maximum absolute atomic E-state index is 12.5. The van der Waals surface area contributed by atoms with Crippen LogP contribution in [0.15, 0.2) is 12.2 Å². The van der Waals surface area contributed by atoms with Crippen LogP contribution in [0.1, 0.15) is 64.2 Å². The predicted molar refractivity (Wildman–Crippen MR) is 121 cm³/mol. The van der Waals surface area contributed by atoms with E-state index in [0.717, 1.165) is 63.5 Å². The first kappa shape index (κ1) is 23.9. The Morgan fingerprint density at radius 2 is 1.91 bits per heavy atom. The fourth-order valence-corrected chi connectivity index (χ4v) is 6.44.